The monoisotopic (exact) mass is 331 g/mol. The van der Waals surface area contributed by atoms with Crippen LogP contribution in [0.3, 0.4) is 0 Å². The van der Waals surface area contributed by atoms with Gasteiger partial charge in [-0.15, -0.1) is 0 Å². The minimum atomic E-state index is -0.433. The van der Waals surface area contributed by atoms with E-state index >= 15 is 0 Å². The number of primary amides is 1. The van der Waals surface area contributed by atoms with Crippen LogP contribution in [0.25, 0.3) is 11.0 Å². The summed E-state index contributed by atoms with van der Waals surface area (Å²) in [5, 5.41) is 0.799. The SMILES string of the molecule is COC(=O)c1cc2c(N3CCCC(CCC(N)=O)C3)ncnc2[nH]1. The molecule has 2 aromatic rings. The van der Waals surface area contributed by atoms with Gasteiger partial charge in [0.05, 0.1) is 12.5 Å². The third-order valence-electron chi connectivity index (χ3n) is 4.43. The number of aromatic amines is 1. The van der Waals surface area contributed by atoms with E-state index in [2.05, 4.69) is 19.9 Å². The number of fused-ring (bicyclic) bond motifs is 1. The van der Waals surface area contributed by atoms with E-state index in [0.29, 0.717) is 23.7 Å². The quantitative estimate of drug-likeness (QED) is 0.796. The van der Waals surface area contributed by atoms with E-state index in [1.165, 1.54) is 13.4 Å². The molecule has 1 unspecified atom stereocenters. The second kappa shape index (κ2) is 6.86. The Labute approximate surface area is 139 Å². The number of nitrogens with two attached hydrogens (primary N) is 1. The molecule has 0 spiro atoms. The number of carbonyl (C=O) groups excluding carboxylic acids is 2. The van der Waals surface area contributed by atoms with Crippen molar-refractivity contribution >= 4 is 28.7 Å². The van der Waals surface area contributed by atoms with Crippen molar-refractivity contribution < 1.29 is 14.3 Å². The summed E-state index contributed by atoms with van der Waals surface area (Å²) in [6, 6.07) is 1.73. The first-order valence-corrected chi connectivity index (χ1v) is 8.03. The first kappa shape index (κ1) is 16.2. The highest BCUT2D eigenvalue weighted by molar-refractivity contribution is 5.97. The smallest absolute Gasteiger partial charge is 0.354 e. The van der Waals surface area contributed by atoms with Gasteiger partial charge < -0.3 is 20.4 Å². The van der Waals surface area contributed by atoms with Gasteiger partial charge in [0.15, 0.2) is 0 Å². The molecule has 3 heterocycles. The predicted octanol–water partition coefficient (Wildman–Crippen LogP) is 1.23. The van der Waals surface area contributed by atoms with Crippen LogP contribution >= 0.6 is 0 Å². The van der Waals surface area contributed by atoms with Gasteiger partial charge in [0.1, 0.15) is 23.5 Å². The fraction of sp³-hybridized carbons (Fsp3) is 0.500. The Morgan fingerprint density at radius 2 is 2.29 bits per heavy atom. The molecular weight excluding hydrogens is 310 g/mol. The van der Waals surface area contributed by atoms with Gasteiger partial charge in [0.25, 0.3) is 0 Å². The van der Waals surface area contributed by atoms with E-state index in [1.54, 1.807) is 6.07 Å². The molecule has 1 saturated heterocycles. The molecule has 3 rings (SSSR count). The van der Waals surface area contributed by atoms with Crippen molar-refractivity contribution in [2.24, 2.45) is 11.7 Å². The van der Waals surface area contributed by atoms with Crippen molar-refractivity contribution in [1.82, 2.24) is 15.0 Å². The van der Waals surface area contributed by atoms with Crippen LogP contribution in [0.5, 0.6) is 0 Å². The summed E-state index contributed by atoms with van der Waals surface area (Å²) in [6.07, 6.45) is 4.80. The summed E-state index contributed by atoms with van der Waals surface area (Å²) in [5.41, 5.74) is 6.22. The topological polar surface area (TPSA) is 114 Å². The van der Waals surface area contributed by atoms with Gasteiger partial charge in [-0.05, 0) is 31.2 Å². The Kier molecular flexibility index (Phi) is 4.64. The number of aromatic nitrogens is 3. The van der Waals surface area contributed by atoms with Crippen molar-refractivity contribution in [2.45, 2.75) is 25.7 Å². The van der Waals surface area contributed by atoms with Crippen LogP contribution in [0.2, 0.25) is 0 Å². The predicted molar refractivity (Wildman–Crippen MR) is 88.6 cm³/mol. The maximum atomic E-state index is 11.7. The van der Waals surface area contributed by atoms with E-state index in [4.69, 9.17) is 10.5 Å². The molecular formula is C16H21N5O3. The van der Waals surface area contributed by atoms with Crippen molar-refractivity contribution in [2.75, 3.05) is 25.1 Å². The van der Waals surface area contributed by atoms with Gasteiger partial charge in [-0.3, -0.25) is 4.79 Å². The number of amides is 1. The lowest BCUT2D eigenvalue weighted by atomic mass is 9.93. The molecule has 0 bridgehead atoms. The zero-order valence-electron chi connectivity index (χ0n) is 13.6. The second-order valence-electron chi connectivity index (χ2n) is 6.09. The number of anilines is 1. The number of rotatable bonds is 5. The highest BCUT2D eigenvalue weighted by atomic mass is 16.5. The van der Waals surface area contributed by atoms with Gasteiger partial charge in [0, 0.05) is 19.5 Å². The Morgan fingerprint density at radius 1 is 1.46 bits per heavy atom. The maximum absolute atomic E-state index is 11.7. The number of methoxy groups -OCH3 is 1. The number of hydrogen-bond donors (Lipinski definition) is 2. The standard InChI is InChI=1S/C16H21N5O3/c1-24-16(23)12-7-11-14(20-12)18-9-19-15(11)21-6-2-3-10(8-21)4-5-13(17)22/h7,9-10H,2-6,8H2,1H3,(H2,17,22)(H,18,19,20). The summed E-state index contributed by atoms with van der Waals surface area (Å²) in [4.78, 5) is 36.5. The average Bonchev–Trinajstić information content (AvgIpc) is 3.03. The van der Waals surface area contributed by atoms with Crippen LogP contribution in [0.15, 0.2) is 12.4 Å². The van der Waals surface area contributed by atoms with Gasteiger partial charge >= 0.3 is 5.97 Å². The molecule has 3 N–H and O–H groups in total. The van der Waals surface area contributed by atoms with Gasteiger partial charge in [-0.25, -0.2) is 14.8 Å². The van der Waals surface area contributed by atoms with Crippen molar-refractivity contribution in [1.29, 1.82) is 0 Å². The third-order valence-corrected chi connectivity index (χ3v) is 4.43. The fourth-order valence-electron chi connectivity index (χ4n) is 3.24. The number of carbonyl (C=O) groups is 2. The minimum Gasteiger partial charge on any atom is -0.464 e. The molecule has 24 heavy (non-hydrogen) atoms. The number of nitrogens with zero attached hydrogens (tertiary/aromatic N) is 3. The average molecular weight is 331 g/mol. The largest absolute Gasteiger partial charge is 0.464 e. The highest BCUT2D eigenvalue weighted by Crippen LogP contribution is 2.29. The lowest BCUT2D eigenvalue weighted by Gasteiger charge is -2.33. The molecule has 0 saturated carbocycles. The fourth-order valence-corrected chi connectivity index (χ4v) is 3.24. The van der Waals surface area contributed by atoms with E-state index in [1.807, 2.05) is 0 Å². The number of esters is 1. The van der Waals surface area contributed by atoms with Crippen molar-refractivity contribution in [3.05, 3.63) is 18.1 Å². The molecule has 1 aliphatic heterocycles. The summed E-state index contributed by atoms with van der Waals surface area (Å²) in [6.45, 7) is 1.70. The van der Waals surface area contributed by atoms with Crippen LogP contribution in [-0.2, 0) is 9.53 Å². The van der Waals surface area contributed by atoms with Crippen molar-refractivity contribution in [3.63, 3.8) is 0 Å². The molecule has 1 aliphatic rings. The first-order chi connectivity index (χ1) is 11.6. The maximum Gasteiger partial charge on any atom is 0.354 e. The molecule has 0 aromatic carbocycles. The Morgan fingerprint density at radius 3 is 3.04 bits per heavy atom. The van der Waals surface area contributed by atoms with Crippen LogP contribution in [0.1, 0.15) is 36.2 Å². The highest BCUT2D eigenvalue weighted by Gasteiger charge is 2.24. The molecule has 8 heteroatoms. The summed E-state index contributed by atoms with van der Waals surface area (Å²) in [7, 11) is 1.34. The van der Waals surface area contributed by atoms with E-state index in [-0.39, 0.29) is 5.91 Å². The van der Waals surface area contributed by atoms with E-state index in [0.717, 1.165) is 43.6 Å². The lowest BCUT2D eigenvalue weighted by molar-refractivity contribution is -0.118. The number of H-pyrrole nitrogens is 1. The second-order valence-corrected chi connectivity index (χ2v) is 6.09. The summed E-state index contributed by atoms with van der Waals surface area (Å²) in [5.74, 6) is 0.521. The molecule has 1 amide bonds. The van der Waals surface area contributed by atoms with Gasteiger partial charge in [-0.1, -0.05) is 0 Å². The zero-order valence-corrected chi connectivity index (χ0v) is 13.6. The van der Waals surface area contributed by atoms with Crippen LogP contribution in [0, 0.1) is 5.92 Å². The van der Waals surface area contributed by atoms with Crippen LogP contribution in [-0.4, -0.2) is 47.0 Å². The third kappa shape index (κ3) is 3.32. The molecule has 8 nitrogen and oxygen atoms in total. The zero-order chi connectivity index (χ0) is 17.1. The molecule has 0 aliphatic carbocycles. The number of hydrogen-bond acceptors (Lipinski definition) is 6. The molecule has 1 fully saturated rings. The summed E-state index contributed by atoms with van der Waals surface area (Å²) < 4.78 is 4.75. The normalized spacial score (nSPS) is 17.9. The molecule has 2 aromatic heterocycles. The minimum absolute atomic E-state index is 0.259. The molecule has 128 valence electrons. The van der Waals surface area contributed by atoms with Crippen molar-refractivity contribution in [3.8, 4) is 0 Å². The molecule has 0 radical (unpaired) electrons. The number of piperidine rings is 1. The number of nitrogens with one attached hydrogen (secondary N) is 1. The van der Waals surface area contributed by atoms with Crippen LogP contribution in [0.4, 0.5) is 5.82 Å². The lowest BCUT2D eigenvalue weighted by Crippen LogP contribution is -2.36. The van der Waals surface area contributed by atoms with Gasteiger partial charge in [0.2, 0.25) is 5.91 Å². The van der Waals surface area contributed by atoms with Crippen LogP contribution < -0.4 is 10.6 Å². The Hall–Kier alpha value is -2.64. The van der Waals surface area contributed by atoms with Gasteiger partial charge in [-0.2, -0.15) is 0 Å². The van der Waals surface area contributed by atoms with E-state index in [9.17, 15) is 9.59 Å². The molecule has 1 atom stereocenters. The summed E-state index contributed by atoms with van der Waals surface area (Å²) >= 11 is 0. The van der Waals surface area contributed by atoms with E-state index < -0.39 is 5.97 Å². The number of ether oxygens (including phenoxy) is 1. The first-order valence-electron chi connectivity index (χ1n) is 8.03. The Balaban J connectivity index is 1.84. The Bertz CT molecular complexity index is 757.